The molecule has 0 spiro atoms. The number of hydrogen-bond donors (Lipinski definition) is 0. The number of ether oxygens (including phenoxy) is 2. The molecule has 0 amide bonds. The second-order valence-corrected chi connectivity index (χ2v) is 6.41. The van der Waals surface area contributed by atoms with E-state index in [4.69, 9.17) is 9.47 Å². The lowest BCUT2D eigenvalue weighted by Crippen LogP contribution is -2.07. The third-order valence-electron chi connectivity index (χ3n) is 4.03. The smallest absolute Gasteiger partial charge is 0.137 e. The van der Waals surface area contributed by atoms with Crippen LogP contribution in [-0.2, 0) is 17.9 Å². The van der Waals surface area contributed by atoms with Crippen LogP contribution in [-0.4, -0.2) is 22.2 Å². The van der Waals surface area contributed by atoms with Gasteiger partial charge in [0.1, 0.15) is 30.5 Å². The minimum atomic E-state index is 0.00699. The molecule has 0 fully saturated rings. The fourth-order valence-electron chi connectivity index (χ4n) is 2.83. The highest BCUT2D eigenvalue weighted by Gasteiger charge is 2.10. The summed E-state index contributed by atoms with van der Waals surface area (Å²) in [7, 11) is 0. The van der Waals surface area contributed by atoms with Gasteiger partial charge in [-0.25, -0.2) is 0 Å². The Morgan fingerprint density at radius 2 is 2.11 bits per heavy atom. The molecule has 3 rings (SSSR count). The Morgan fingerprint density at radius 1 is 1.26 bits per heavy atom. The number of nitriles is 1. The van der Waals surface area contributed by atoms with Crippen molar-refractivity contribution in [2.45, 2.75) is 39.5 Å². The second kappa shape index (κ2) is 8.37. The van der Waals surface area contributed by atoms with Crippen LogP contribution in [0, 0.1) is 11.3 Å². The van der Waals surface area contributed by atoms with Gasteiger partial charge in [-0.2, -0.15) is 10.4 Å². The number of aromatic nitrogens is 2. The zero-order valence-electron chi connectivity index (χ0n) is 15.4. The summed E-state index contributed by atoms with van der Waals surface area (Å²) in [5.74, 6) is 1.29. The lowest BCUT2D eigenvalue weighted by molar-refractivity contribution is -0.108. The van der Waals surface area contributed by atoms with Gasteiger partial charge in [0, 0.05) is 13.0 Å². The number of fused-ring (bicyclic) bond motifs is 1. The summed E-state index contributed by atoms with van der Waals surface area (Å²) in [6.07, 6.45) is 3.06. The molecule has 138 valence electrons. The van der Waals surface area contributed by atoms with Crippen LogP contribution in [0.1, 0.15) is 31.4 Å². The molecule has 0 saturated carbocycles. The summed E-state index contributed by atoms with van der Waals surface area (Å²) in [5.41, 5.74) is 2.30. The molecule has 0 unspecified atom stereocenters. The predicted molar refractivity (Wildman–Crippen MR) is 102 cm³/mol. The predicted octanol–water partition coefficient (Wildman–Crippen LogP) is 3.86. The van der Waals surface area contributed by atoms with Crippen molar-refractivity contribution in [2.24, 2.45) is 0 Å². The van der Waals surface area contributed by atoms with E-state index < -0.39 is 0 Å². The van der Waals surface area contributed by atoms with Crippen molar-refractivity contribution in [3.63, 3.8) is 0 Å². The van der Waals surface area contributed by atoms with E-state index in [0.29, 0.717) is 36.6 Å². The van der Waals surface area contributed by atoms with Gasteiger partial charge in [0.2, 0.25) is 0 Å². The number of hydrogen-bond acceptors (Lipinski definition) is 5. The van der Waals surface area contributed by atoms with Crippen LogP contribution in [0.4, 0.5) is 0 Å². The average Bonchev–Trinajstić information content (AvgIpc) is 3.08. The maximum atomic E-state index is 10.6. The van der Waals surface area contributed by atoms with E-state index in [1.807, 2.05) is 38.1 Å². The Balaban J connectivity index is 1.78. The second-order valence-electron chi connectivity index (χ2n) is 6.41. The zero-order chi connectivity index (χ0) is 19.2. The van der Waals surface area contributed by atoms with Crippen LogP contribution in [0.2, 0.25) is 0 Å². The molecule has 1 aromatic heterocycles. The van der Waals surface area contributed by atoms with E-state index in [1.54, 1.807) is 23.0 Å². The number of aldehydes is 1. The van der Waals surface area contributed by atoms with Crippen molar-refractivity contribution in [2.75, 3.05) is 0 Å². The maximum Gasteiger partial charge on any atom is 0.137 e. The molecular formula is C21H21N3O3. The highest BCUT2D eigenvalue weighted by atomic mass is 16.5. The topological polar surface area (TPSA) is 77.1 Å². The fourth-order valence-corrected chi connectivity index (χ4v) is 2.83. The van der Waals surface area contributed by atoms with Gasteiger partial charge in [-0.3, -0.25) is 4.68 Å². The van der Waals surface area contributed by atoms with Crippen molar-refractivity contribution in [3.8, 4) is 17.6 Å². The maximum absolute atomic E-state index is 10.6. The molecule has 27 heavy (non-hydrogen) atoms. The van der Waals surface area contributed by atoms with Crippen LogP contribution >= 0.6 is 0 Å². The SMILES string of the molecule is CC(C)Oc1ccc(COc2cccc3c2cnn3CCC=O)cc1C#N. The highest BCUT2D eigenvalue weighted by Crippen LogP contribution is 2.27. The molecule has 0 radical (unpaired) electrons. The van der Waals surface area contributed by atoms with Crippen LogP contribution in [0.15, 0.2) is 42.6 Å². The number of carbonyl (C=O) groups excluding carboxylic acids is 1. The fraction of sp³-hybridized carbons (Fsp3) is 0.286. The Kier molecular flexibility index (Phi) is 5.72. The molecule has 1 heterocycles. The third-order valence-corrected chi connectivity index (χ3v) is 4.03. The van der Waals surface area contributed by atoms with Gasteiger partial charge in [0.15, 0.2) is 0 Å². The molecule has 0 atom stereocenters. The average molecular weight is 363 g/mol. The van der Waals surface area contributed by atoms with E-state index in [9.17, 15) is 10.1 Å². The number of carbonyl (C=O) groups is 1. The van der Waals surface area contributed by atoms with Gasteiger partial charge >= 0.3 is 0 Å². The van der Waals surface area contributed by atoms with Crippen LogP contribution in [0.5, 0.6) is 11.5 Å². The van der Waals surface area contributed by atoms with E-state index >= 15 is 0 Å². The quantitative estimate of drug-likeness (QED) is 0.568. The van der Waals surface area contributed by atoms with Gasteiger partial charge in [-0.15, -0.1) is 0 Å². The first-order valence-electron chi connectivity index (χ1n) is 8.83. The van der Waals surface area contributed by atoms with Gasteiger partial charge in [0.05, 0.1) is 28.8 Å². The summed E-state index contributed by atoms with van der Waals surface area (Å²) < 4.78 is 13.4. The van der Waals surface area contributed by atoms with E-state index in [2.05, 4.69) is 11.2 Å². The Bertz CT molecular complexity index is 986. The van der Waals surface area contributed by atoms with Crippen LogP contribution < -0.4 is 9.47 Å². The molecule has 0 aliphatic carbocycles. The lowest BCUT2D eigenvalue weighted by atomic mass is 10.1. The summed E-state index contributed by atoms with van der Waals surface area (Å²) >= 11 is 0. The number of aryl methyl sites for hydroxylation is 1. The molecule has 6 heteroatoms. The monoisotopic (exact) mass is 363 g/mol. The largest absolute Gasteiger partial charge is 0.490 e. The Morgan fingerprint density at radius 3 is 2.85 bits per heavy atom. The number of rotatable bonds is 8. The Hall–Kier alpha value is -3.33. The number of benzene rings is 2. The minimum absolute atomic E-state index is 0.00699. The first kappa shape index (κ1) is 18.5. The van der Waals surface area contributed by atoms with Crippen molar-refractivity contribution in [1.82, 2.24) is 9.78 Å². The van der Waals surface area contributed by atoms with E-state index in [-0.39, 0.29) is 6.10 Å². The van der Waals surface area contributed by atoms with Crippen molar-refractivity contribution >= 4 is 17.2 Å². The third kappa shape index (κ3) is 4.26. The van der Waals surface area contributed by atoms with Gasteiger partial charge in [0.25, 0.3) is 0 Å². The first-order valence-corrected chi connectivity index (χ1v) is 8.83. The summed E-state index contributed by atoms with van der Waals surface area (Å²) in [6.45, 7) is 4.72. The Labute approximate surface area is 157 Å². The van der Waals surface area contributed by atoms with Gasteiger partial charge in [-0.1, -0.05) is 12.1 Å². The van der Waals surface area contributed by atoms with E-state index in [0.717, 1.165) is 22.8 Å². The van der Waals surface area contributed by atoms with Crippen molar-refractivity contribution in [3.05, 3.63) is 53.7 Å². The molecule has 2 aromatic carbocycles. The van der Waals surface area contributed by atoms with Gasteiger partial charge in [-0.05, 0) is 43.7 Å². The molecule has 3 aromatic rings. The first-order chi connectivity index (χ1) is 13.1. The zero-order valence-corrected chi connectivity index (χ0v) is 15.4. The molecule has 0 aliphatic heterocycles. The van der Waals surface area contributed by atoms with Crippen molar-refractivity contribution < 1.29 is 14.3 Å². The molecule has 6 nitrogen and oxygen atoms in total. The standard InChI is InChI=1S/C21H21N3O3/c1-15(2)27-20-8-7-16(11-17(20)12-22)14-26-21-6-3-5-19-18(21)13-23-24(19)9-4-10-25/h3,5-8,10-11,13,15H,4,9,14H2,1-2H3. The molecule has 0 saturated heterocycles. The van der Waals surface area contributed by atoms with E-state index in [1.165, 1.54) is 0 Å². The van der Waals surface area contributed by atoms with Crippen molar-refractivity contribution in [1.29, 1.82) is 5.26 Å². The lowest BCUT2D eigenvalue weighted by Gasteiger charge is -2.13. The normalized spacial score (nSPS) is 10.7. The van der Waals surface area contributed by atoms with Crippen LogP contribution in [0.25, 0.3) is 10.9 Å². The summed E-state index contributed by atoms with van der Waals surface area (Å²) in [5, 5.41) is 14.6. The van der Waals surface area contributed by atoms with Crippen LogP contribution in [0.3, 0.4) is 0 Å². The molecular weight excluding hydrogens is 342 g/mol. The summed E-state index contributed by atoms with van der Waals surface area (Å²) in [4.78, 5) is 10.6. The summed E-state index contributed by atoms with van der Waals surface area (Å²) in [6, 6.07) is 13.4. The molecule has 0 bridgehead atoms. The molecule has 0 N–H and O–H groups in total. The number of nitrogens with zero attached hydrogens (tertiary/aromatic N) is 3. The van der Waals surface area contributed by atoms with Gasteiger partial charge < -0.3 is 14.3 Å². The molecule has 0 aliphatic rings. The minimum Gasteiger partial charge on any atom is -0.490 e. The highest BCUT2D eigenvalue weighted by molar-refractivity contribution is 5.85.